The van der Waals surface area contributed by atoms with Gasteiger partial charge in [0.25, 0.3) is 0 Å². The van der Waals surface area contributed by atoms with Crippen molar-refractivity contribution in [1.82, 2.24) is 10.3 Å². The number of benzene rings is 2. The van der Waals surface area contributed by atoms with E-state index in [-0.39, 0.29) is 18.5 Å². The number of aromatic nitrogens is 1. The molecular weight excluding hydrogens is 295 g/mol. The van der Waals surface area contributed by atoms with Crippen LogP contribution >= 0.6 is 0 Å². The maximum absolute atomic E-state index is 13.2. The van der Waals surface area contributed by atoms with Crippen molar-refractivity contribution in [2.75, 3.05) is 6.61 Å². The summed E-state index contributed by atoms with van der Waals surface area (Å²) < 4.78 is 18.8. The largest absolute Gasteiger partial charge is 0.439 e. The Bertz CT molecular complexity index is 758. The second kappa shape index (κ2) is 7.35. The van der Waals surface area contributed by atoms with Crippen molar-refractivity contribution in [3.05, 3.63) is 65.8 Å². The van der Waals surface area contributed by atoms with E-state index >= 15 is 0 Å². The van der Waals surface area contributed by atoms with E-state index in [4.69, 9.17) is 9.52 Å². The van der Waals surface area contributed by atoms with Gasteiger partial charge in [-0.1, -0.05) is 30.3 Å². The Labute approximate surface area is 134 Å². The molecule has 0 amide bonds. The fourth-order valence-electron chi connectivity index (χ4n) is 2.60. The van der Waals surface area contributed by atoms with Gasteiger partial charge >= 0.3 is 0 Å². The van der Waals surface area contributed by atoms with Gasteiger partial charge in [-0.25, -0.2) is 9.37 Å². The van der Waals surface area contributed by atoms with Crippen molar-refractivity contribution in [2.24, 2.45) is 0 Å². The first-order valence-electron chi connectivity index (χ1n) is 7.70. The molecule has 2 N–H and O–H groups in total. The van der Waals surface area contributed by atoms with Crippen LogP contribution in [0.4, 0.5) is 4.39 Å². The maximum atomic E-state index is 13.2. The maximum Gasteiger partial charge on any atom is 0.209 e. The number of aliphatic hydroxyl groups is 1. The molecule has 0 fully saturated rings. The molecule has 1 atom stereocenters. The number of nitrogens with zero attached hydrogens (tertiary/aromatic N) is 1. The zero-order chi connectivity index (χ0) is 16.1. The Balaban J connectivity index is 1.71. The van der Waals surface area contributed by atoms with Crippen LogP contribution in [0.5, 0.6) is 0 Å². The van der Waals surface area contributed by atoms with Gasteiger partial charge in [0.1, 0.15) is 11.3 Å². The first kappa shape index (κ1) is 15.6. The van der Waals surface area contributed by atoms with Crippen molar-refractivity contribution in [3.8, 4) is 0 Å². The highest BCUT2D eigenvalue weighted by molar-refractivity contribution is 5.72. The van der Waals surface area contributed by atoms with Crippen LogP contribution in [0.1, 0.15) is 30.3 Å². The Morgan fingerprint density at radius 2 is 2.00 bits per heavy atom. The molecule has 0 aliphatic carbocycles. The molecule has 3 aromatic rings. The molecule has 1 heterocycles. The molecule has 23 heavy (non-hydrogen) atoms. The highest BCUT2D eigenvalue weighted by Crippen LogP contribution is 2.20. The number of hydrogen-bond donors (Lipinski definition) is 2. The quantitative estimate of drug-likeness (QED) is 0.700. The molecule has 1 unspecified atom stereocenters. The summed E-state index contributed by atoms with van der Waals surface area (Å²) in [7, 11) is 0. The van der Waals surface area contributed by atoms with Gasteiger partial charge in [0.05, 0.1) is 6.54 Å². The average Bonchev–Trinajstić information content (AvgIpc) is 2.97. The van der Waals surface area contributed by atoms with Gasteiger partial charge in [0, 0.05) is 18.7 Å². The van der Waals surface area contributed by atoms with Gasteiger partial charge in [-0.3, -0.25) is 0 Å². The number of nitrogens with one attached hydrogen (secondary N) is 1. The lowest BCUT2D eigenvalue weighted by Gasteiger charge is -2.18. The molecule has 0 radical (unpaired) electrons. The van der Waals surface area contributed by atoms with Gasteiger partial charge in [0.2, 0.25) is 5.89 Å². The molecule has 0 aliphatic rings. The topological polar surface area (TPSA) is 58.3 Å². The summed E-state index contributed by atoms with van der Waals surface area (Å²) in [6.07, 6.45) is 1.53. The highest BCUT2D eigenvalue weighted by Gasteiger charge is 2.13. The predicted molar refractivity (Wildman–Crippen MR) is 86.3 cm³/mol. The van der Waals surface area contributed by atoms with Crippen LogP contribution < -0.4 is 5.32 Å². The van der Waals surface area contributed by atoms with Crippen LogP contribution in [0.15, 0.2) is 52.9 Å². The van der Waals surface area contributed by atoms with Gasteiger partial charge < -0.3 is 14.8 Å². The molecule has 5 heteroatoms. The third-order valence-corrected chi connectivity index (χ3v) is 3.75. The summed E-state index contributed by atoms with van der Waals surface area (Å²) in [4.78, 5) is 4.30. The minimum Gasteiger partial charge on any atom is -0.439 e. The summed E-state index contributed by atoms with van der Waals surface area (Å²) in [5, 5.41) is 12.5. The van der Waals surface area contributed by atoms with Crippen molar-refractivity contribution < 1.29 is 13.9 Å². The Kier molecular flexibility index (Phi) is 5.00. The van der Waals surface area contributed by atoms with Gasteiger partial charge in [-0.15, -0.1) is 0 Å². The average molecular weight is 314 g/mol. The van der Waals surface area contributed by atoms with E-state index in [1.54, 1.807) is 6.07 Å². The normalized spacial score (nSPS) is 12.6. The van der Waals surface area contributed by atoms with E-state index in [1.807, 2.05) is 18.2 Å². The van der Waals surface area contributed by atoms with Crippen molar-refractivity contribution >= 4 is 11.1 Å². The van der Waals surface area contributed by atoms with E-state index in [0.717, 1.165) is 12.0 Å². The lowest BCUT2D eigenvalue weighted by molar-refractivity contribution is 0.274. The van der Waals surface area contributed by atoms with E-state index in [0.29, 0.717) is 30.0 Å². The molecule has 3 rings (SSSR count). The van der Waals surface area contributed by atoms with Crippen LogP contribution in [0.25, 0.3) is 11.1 Å². The third-order valence-electron chi connectivity index (χ3n) is 3.75. The van der Waals surface area contributed by atoms with Gasteiger partial charge in [-0.2, -0.15) is 0 Å². The summed E-state index contributed by atoms with van der Waals surface area (Å²) in [6.45, 7) is 0.606. The van der Waals surface area contributed by atoms with E-state index in [1.165, 1.54) is 12.1 Å². The van der Waals surface area contributed by atoms with Crippen LogP contribution in [0.3, 0.4) is 0 Å². The minimum atomic E-state index is -0.324. The summed E-state index contributed by atoms with van der Waals surface area (Å²) in [5.74, 6) is 0.200. The molecule has 0 saturated carbocycles. The number of rotatable bonds is 7. The smallest absolute Gasteiger partial charge is 0.209 e. The molecule has 4 nitrogen and oxygen atoms in total. The number of oxazole rings is 1. The monoisotopic (exact) mass is 314 g/mol. The van der Waals surface area contributed by atoms with Crippen LogP contribution in [0.2, 0.25) is 0 Å². The van der Waals surface area contributed by atoms with E-state index in [9.17, 15) is 4.39 Å². The second-order valence-electron chi connectivity index (χ2n) is 5.43. The number of hydrogen-bond acceptors (Lipinski definition) is 4. The zero-order valence-electron chi connectivity index (χ0n) is 12.7. The molecule has 0 spiro atoms. The van der Waals surface area contributed by atoms with Gasteiger partial charge in [0.15, 0.2) is 5.58 Å². The fraction of sp³-hybridized carbons (Fsp3) is 0.278. The molecule has 0 bridgehead atoms. The Morgan fingerprint density at radius 1 is 1.17 bits per heavy atom. The lowest BCUT2D eigenvalue weighted by Crippen LogP contribution is -2.21. The number of fused-ring (bicyclic) bond motifs is 1. The number of aliphatic hydroxyl groups excluding tert-OH is 1. The molecule has 2 aromatic carbocycles. The lowest BCUT2D eigenvalue weighted by atomic mass is 10.0. The predicted octanol–water partition coefficient (Wildman–Crippen LogP) is 3.57. The van der Waals surface area contributed by atoms with Crippen LogP contribution in [-0.4, -0.2) is 16.7 Å². The van der Waals surface area contributed by atoms with Crippen molar-refractivity contribution in [2.45, 2.75) is 25.4 Å². The SMILES string of the molecule is OCCCC(NCc1nc2cc(F)ccc2o1)c1ccccc1. The van der Waals surface area contributed by atoms with Gasteiger partial charge in [-0.05, 0) is 30.5 Å². The van der Waals surface area contributed by atoms with Crippen molar-refractivity contribution in [3.63, 3.8) is 0 Å². The molecular formula is C18H19FN2O2. The van der Waals surface area contributed by atoms with E-state index < -0.39 is 0 Å². The third kappa shape index (κ3) is 3.94. The first-order chi connectivity index (χ1) is 11.3. The van der Waals surface area contributed by atoms with Crippen LogP contribution in [0, 0.1) is 5.82 Å². The minimum absolute atomic E-state index is 0.107. The molecule has 1 aromatic heterocycles. The Hall–Kier alpha value is -2.24. The zero-order valence-corrected chi connectivity index (χ0v) is 12.7. The van der Waals surface area contributed by atoms with Crippen molar-refractivity contribution in [1.29, 1.82) is 0 Å². The first-order valence-corrected chi connectivity index (χ1v) is 7.70. The summed E-state index contributed by atoms with van der Waals surface area (Å²) in [5.41, 5.74) is 2.26. The standard InChI is InChI=1S/C18H19FN2O2/c19-14-8-9-17-16(11-14)21-18(23-17)12-20-15(7-4-10-22)13-5-2-1-3-6-13/h1-3,5-6,8-9,11,15,20,22H,4,7,10,12H2. The number of halogens is 1. The second-order valence-corrected chi connectivity index (χ2v) is 5.43. The molecule has 120 valence electrons. The summed E-state index contributed by atoms with van der Waals surface area (Å²) in [6, 6.07) is 14.5. The fourth-order valence-corrected chi connectivity index (χ4v) is 2.60. The molecule has 0 saturated heterocycles. The summed E-state index contributed by atoms with van der Waals surface area (Å²) >= 11 is 0. The highest BCUT2D eigenvalue weighted by atomic mass is 19.1. The Morgan fingerprint density at radius 3 is 2.78 bits per heavy atom. The van der Waals surface area contributed by atoms with Crippen LogP contribution in [-0.2, 0) is 6.54 Å². The van der Waals surface area contributed by atoms with E-state index in [2.05, 4.69) is 22.4 Å². The molecule has 0 aliphatic heterocycles.